The van der Waals surface area contributed by atoms with E-state index in [-0.39, 0.29) is 5.91 Å². The molecule has 4 nitrogen and oxygen atoms in total. The lowest BCUT2D eigenvalue weighted by molar-refractivity contribution is 0.102. The maximum Gasteiger partial charge on any atom is 0.257 e. The van der Waals surface area contributed by atoms with Gasteiger partial charge in [0, 0.05) is 30.0 Å². The summed E-state index contributed by atoms with van der Waals surface area (Å²) in [7, 11) is 0. The van der Waals surface area contributed by atoms with Crippen LogP contribution in [0, 0.1) is 0 Å². The summed E-state index contributed by atoms with van der Waals surface area (Å²) in [6.45, 7) is 3.87. The van der Waals surface area contributed by atoms with Gasteiger partial charge in [-0.1, -0.05) is 25.1 Å². The van der Waals surface area contributed by atoms with Crippen molar-refractivity contribution >= 4 is 22.4 Å². The highest BCUT2D eigenvalue weighted by molar-refractivity contribution is 7.15. The van der Waals surface area contributed by atoms with E-state index in [9.17, 15) is 4.79 Å². The zero-order valence-corrected chi connectivity index (χ0v) is 12.2. The number of benzene rings is 1. The second kappa shape index (κ2) is 5.73. The van der Waals surface area contributed by atoms with Gasteiger partial charge in [-0.15, -0.1) is 11.3 Å². The highest BCUT2D eigenvalue weighted by Crippen LogP contribution is 2.26. The van der Waals surface area contributed by atoms with Gasteiger partial charge in [-0.25, -0.2) is 4.98 Å². The third kappa shape index (κ3) is 2.59. The molecule has 20 heavy (non-hydrogen) atoms. The van der Waals surface area contributed by atoms with Crippen LogP contribution in [0.2, 0.25) is 0 Å². The van der Waals surface area contributed by atoms with Crippen LogP contribution in [0.15, 0.2) is 24.3 Å². The smallest absolute Gasteiger partial charge is 0.257 e. The Hall–Kier alpha value is -1.72. The second-order valence-corrected chi connectivity index (χ2v) is 5.86. The summed E-state index contributed by atoms with van der Waals surface area (Å²) in [5.74, 6) is -0.0680. The predicted molar refractivity (Wildman–Crippen MR) is 81.3 cm³/mol. The van der Waals surface area contributed by atoms with Crippen molar-refractivity contribution in [3.63, 3.8) is 0 Å². The normalized spacial score (nSPS) is 13.8. The Morgan fingerprint density at radius 3 is 3.10 bits per heavy atom. The molecule has 2 heterocycles. The lowest BCUT2D eigenvalue weighted by Gasteiger charge is -2.09. The molecule has 1 aliphatic rings. The van der Waals surface area contributed by atoms with Crippen molar-refractivity contribution in [1.29, 1.82) is 0 Å². The van der Waals surface area contributed by atoms with Crippen LogP contribution in [-0.2, 0) is 19.4 Å². The molecule has 0 radical (unpaired) electrons. The van der Waals surface area contributed by atoms with Crippen LogP contribution in [-0.4, -0.2) is 17.4 Å². The molecular formula is C15H17N3OS. The molecule has 2 aromatic rings. The van der Waals surface area contributed by atoms with Crippen LogP contribution in [0.1, 0.15) is 33.4 Å². The van der Waals surface area contributed by atoms with Gasteiger partial charge in [0.2, 0.25) is 0 Å². The minimum absolute atomic E-state index is 0.0680. The Balaban J connectivity index is 1.80. The minimum Gasteiger partial charge on any atom is -0.311 e. The average molecular weight is 287 g/mol. The number of nitrogens with one attached hydrogen (secondary N) is 2. The summed E-state index contributed by atoms with van der Waals surface area (Å²) in [6.07, 6.45) is 1.79. The molecule has 3 rings (SSSR count). The first-order valence-electron chi connectivity index (χ1n) is 6.86. The molecule has 5 heteroatoms. The summed E-state index contributed by atoms with van der Waals surface area (Å²) < 4.78 is 0. The van der Waals surface area contributed by atoms with E-state index < -0.39 is 0 Å². The Morgan fingerprint density at radius 1 is 1.45 bits per heavy atom. The van der Waals surface area contributed by atoms with Gasteiger partial charge in [-0.05, 0) is 18.1 Å². The number of nitrogens with zero attached hydrogens (tertiary/aromatic N) is 1. The number of hydrogen-bond donors (Lipinski definition) is 2. The quantitative estimate of drug-likeness (QED) is 0.912. The number of amides is 1. The molecule has 0 saturated carbocycles. The van der Waals surface area contributed by atoms with Crippen LogP contribution in [0.25, 0.3) is 0 Å². The molecule has 1 aromatic carbocycles. The number of carbonyl (C=O) groups is 1. The molecule has 1 aliphatic heterocycles. The topological polar surface area (TPSA) is 54.0 Å². The number of hydrogen-bond acceptors (Lipinski definition) is 4. The van der Waals surface area contributed by atoms with Crippen LogP contribution in [0.4, 0.5) is 5.13 Å². The van der Waals surface area contributed by atoms with Crippen LogP contribution in [0.3, 0.4) is 0 Å². The molecule has 0 unspecified atom stereocenters. The van der Waals surface area contributed by atoms with Crippen LogP contribution >= 0.6 is 11.3 Å². The molecule has 2 N–H and O–H groups in total. The van der Waals surface area contributed by atoms with Gasteiger partial charge in [0.15, 0.2) is 5.13 Å². The van der Waals surface area contributed by atoms with Gasteiger partial charge in [0.05, 0.1) is 5.69 Å². The number of fused-ring (bicyclic) bond motifs is 1. The van der Waals surface area contributed by atoms with Gasteiger partial charge in [0.1, 0.15) is 0 Å². The first-order valence-corrected chi connectivity index (χ1v) is 7.68. The number of aromatic nitrogens is 1. The third-order valence-corrected chi connectivity index (χ3v) is 4.48. The fourth-order valence-corrected chi connectivity index (χ4v) is 3.37. The monoisotopic (exact) mass is 287 g/mol. The largest absolute Gasteiger partial charge is 0.311 e. The first-order chi connectivity index (χ1) is 9.78. The fourth-order valence-electron chi connectivity index (χ4n) is 2.39. The molecule has 104 valence electrons. The average Bonchev–Trinajstić information content (AvgIpc) is 2.89. The summed E-state index contributed by atoms with van der Waals surface area (Å²) in [5, 5.41) is 6.95. The zero-order chi connectivity index (χ0) is 13.9. The first kappa shape index (κ1) is 13.3. The van der Waals surface area contributed by atoms with E-state index >= 15 is 0 Å². The van der Waals surface area contributed by atoms with Crippen molar-refractivity contribution in [3.8, 4) is 0 Å². The summed E-state index contributed by atoms with van der Waals surface area (Å²) in [4.78, 5) is 18.1. The summed E-state index contributed by atoms with van der Waals surface area (Å²) >= 11 is 1.57. The van der Waals surface area contributed by atoms with Crippen molar-refractivity contribution in [1.82, 2.24) is 10.3 Å². The molecule has 1 amide bonds. The molecule has 0 bridgehead atoms. The highest BCUT2D eigenvalue weighted by atomic mass is 32.1. The van der Waals surface area contributed by atoms with Gasteiger partial charge in [0.25, 0.3) is 5.91 Å². The van der Waals surface area contributed by atoms with Crippen molar-refractivity contribution in [3.05, 3.63) is 46.0 Å². The Kier molecular flexibility index (Phi) is 3.80. The number of anilines is 1. The Bertz CT molecular complexity index is 612. The predicted octanol–water partition coefficient (Wildman–Crippen LogP) is 2.60. The molecule has 0 fully saturated rings. The standard InChI is InChI=1S/C15H17N3OS/c1-2-10-5-3-4-6-11(10)14(19)18-15-17-12-7-8-16-9-13(12)20-15/h3-6,16H,2,7-9H2,1H3,(H,17,18,19). The maximum atomic E-state index is 12.3. The van der Waals surface area contributed by atoms with E-state index in [2.05, 4.69) is 22.5 Å². The molecule has 0 spiro atoms. The minimum atomic E-state index is -0.0680. The third-order valence-electron chi connectivity index (χ3n) is 3.47. The van der Waals surface area contributed by atoms with Gasteiger partial charge in [-0.2, -0.15) is 0 Å². The van der Waals surface area contributed by atoms with E-state index in [1.165, 1.54) is 4.88 Å². The molecule has 0 atom stereocenters. The Morgan fingerprint density at radius 2 is 2.30 bits per heavy atom. The molecule has 0 aliphatic carbocycles. The maximum absolute atomic E-state index is 12.3. The van der Waals surface area contributed by atoms with Crippen LogP contribution in [0.5, 0.6) is 0 Å². The van der Waals surface area contributed by atoms with E-state index in [0.29, 0.717) is 5.13 Å². The van der Waals surface area contributed by atoms with Crippen molar-refractivity contribution in [2.24, 2.45) is 0 Å². The second-order valence-electron chi connectivity index (χ2n) is 4.78. The van der Waals surface area contributed by atoms with Gasteiger partial charge in [-0.3, -0.25) is 10.1 Å². The lowest BCUT2D eigenvalue weighted by Crippen LogP contribution is -2.22. The Labute approximate surface area is 122 Å². The van der Waals surface area contributed by atoms with Crippen LogP contribution < -0.4 is 10.6 Å². The van der Waals surface area contributed by atoms with Crippen molar-refractivity contribution < 1.29 is 4.79 Å². The molecular weight excluding hydrogens is 270 g/mol. The van der Waals surface area contributed by atoms with E-state index in [4.69, 9.17) is 0 Å². The van der Waals surface area contributed by atoms with Crippen molar-refractivity contribution in [2.45, 2.75) is 26.3 Å². The van der Waals surface area contributed by atoms with Gasteiger partial charge >= 0.3 is 0 Å². The number of thiazole rings is 1. The van der Waals surface area contributed by atoms with E-state index in [1.807, 2.05) is 24.3 Å². The lowest BCUT2D eigenvalue weighted by atomic mass is 10.1. The summed E-state index contributed by atoms with van der Waals surface area (Å²) in [6, 6.07) is 7.71. The van der Waals surface area contributed by atoms with E-state index in [1.54, 1.807) is 11.3 Å². The number of aryl methyl sites for hydroxylation is 1. The molecule has 1 aromatic heterocycles. The number of carbonyl (C=O) groups excluding carboxylic acids is 1. The molecule has 0 saturated heterocycles. The number of rotatable bonds is 3. The van der Waals surface area contributed by atoms with E-state index in [0.717, 1.165) is 42.8 Å². The fraction of sp³-hybridized carbons (Fsp3) is 0.333. The van der Waals surface area contributed by atoms with Crippen molar-refractivity contribution in [2.75, 3.05) is 11.9 Å². The SMILES string of the molecule is CCc1ccccc1C(=O)Nc1nc2c(s1)CNCC2. The summed E-state index contributed by atoms with van der Waals surface area (Å²) in [5.41, 5.74) is 2.92. The zero-order valence-electron chi connectivity index (χ0n) is 11.4. The highest BCUT2D eigenvalue weighted by Gasteiger charge is 2.17. The van der Waals surface area contributed by atoms with Gasteiger partial charge < -0.3 is 5.32 Å².